The molecule has 23 heavy (non-hydrogen) atoms. The first kappa shape index (κ1) is 15.5. The highest BCUT2D eigenvalue weighted by Crippen LogP contribution is 2.22. The number of nitrogens with zero attached hydrogens (tertiary/aromatic N) is 2. The summed E-state index contributed by atoms with van der Waals surface area (Å²) in [6.45, 7) is 1.05. The molecule has 0 spiro atoms. The minimum atomic E-state index is -0.615. The first-order valence-electron chi connectivity index (χ1n) is 7.69. The molecule has 2 heterocycles. The van der Waals surface area contributed by atoms with Crippen LogP contribution < -0.4 is 5.76 Å². The molecule has 1 fully saturated rings. The van der Waals surface area contributed by atoms with E-state index >= 15 is 0 Å². The Morgan fingerprint density at radius 3 is 2.57 bits per heavy atom. The van der Waals surface area contributed by atoms with Crippen LogP contribution in [0.2, 0.25) is 0 Å². The lowest BCUT2D eigenvalue weighted by molar-refractivity contribution is 0.0684. The van der Waals surface area contributed by atoms with Gasteiger partial charge < -0.3 is 4.90 Å². The van der Waals surface area contributed by atoms with Gasteiger partial charge in [0.05, 0.1) is 6.67 Å². The molecule has 1 aromatic heterocycles. The lowest BCUT2D eigenvalue weighted by Gasteiger charge is -2.31. The Kier molecular flexibility index (Phi) is 4.55. The summed E-state index contributed by atoms with van der Waals surface area (Å²) in [7, 11) is 0. The zero-order valence-electron chi connectivity index (χ0n) is 12.6. The fraction of sp³-hybridized carbons (Fsp3) is 0.438. The molecule has 2 aromatic rings. The second-order valence-corrected chi connectivity index (χ2v) is 5.73. The molecule has 0 atom stereocenters. The molecule has 122 valence electrons. The number of likely N-dealkylation sites (tertiary alicyclic amines) is 1. The van der Waals surface area contributed by atoms with E-state index in [1.165, 1.54) is 0 Å². The van der Waals surface area contributed by atoms with Gasteiger partial charge in [-0.3, -0.25) is 18.7 Å². The Morgan fingerprint density at radius 2 is 2.00 bits per heavy atom. The predicted molar refractivity (Wildman–Crippen MR) is 81.8 cm³/mol. The molecular weight excluding hydrogens is 301 g/mol. The van der Waals surface area contributed by atoms with E-state index in [-0.39, 0.29) is 12.6 Å². The largest absolute Gasteiger partial charge is 0.439 e. The number of amides is 1. The molecule has 1 aliphatic rings. The van der Waals surface area contributed by atoms with Gasteiger partial charge in [-0.05, 0) is 37.3 Å². The van der Waals surface area contributed by atoms with Gasteiger partial charge in [-0.15, -0.1) is 0 Å². The van der Waals surface area contributed by atoms with E-state index in [1.807, 2.05) is 4.90 Å². The maximum atomic E-state index is 12.5. The summed E-state index contributed by atoms with van der Waals surface area (Å²) in [5.74, 6) is 0.0802. The number of rotatable bonds is 4. The summed E-state index contributed by atoms with van der Waals surface area (Å²) >= 11 is 0. The minimum absolute atomic E-state index is 0.0242. The maximum Gasteiger partial charge on any atom is 0.439 e. The second kappa shape index (κ2) is 6.76. The van der Waals surface area contributed by atoms with Crippen LogP contribution >= 0.6 is 0 Å². The van der Waals surface area contributed by atoms with Gasteiger partial charge in [-0.25, -0.2) is 4.79 Å². The number of hydrogen-bond acceptors (Lipinski definition) is 4. The number of hydrogen-bond donors (Lipinski definition) is 1. The number of alkyl halides is 1. The van der Waals surface area contributed by atoms with Crippen LogP contribution in [-0.4, -0.2) is 40.7 Å². The number of piperidine rings is 1. The van der Waals surface area contributed by atoms with Crippen molar-refractivity contribution in [3.05, 3.63) is 40.4 Å². The van der Waals surface area contributed by atoms with Crippen molar-refractivity contribution in [2.24, 2.45) is 5.92 Å². The van der Waals surface area contributed by atoms with E-state index in [4.69, 9.17) is 0 Å². The molecule has 3 rings (SSSR count). The number of nitrogens with one attached hydrogen (secondary N) is 1. The summed E-state index contributed by atoms with van der Waals surface area (Å²) in [5, 5.41) is 3.61. The molecule has 1 N–H and O–H groups in total. The van der Waals surface area contributed by atoms with Gasteiger partial charge >= 0.3 is 5.76 Å². The first-order valence-corrected chi connectivity index (χ1v) is 7.69. The smallest absolute Gasteiger partial charge is 0.339 e. The zero-order valence-corrected chi connectivity index (χ0v) is 12.6. The Labute approximate surface area is 132 Å². The fourth-order valence-electron chi connectivity index (χ4n) is 2.89. The first-order chi connectivity index (χ1) is 11.2. The van der Waals surface area contributed by atoms with Gasteiger partial charge in [0.1, 0.15) is 0 Å². The third kappa shape index (κ3) is 3.49. The van der Waals surface area contributed by atoms with Crippen molar-refractivity contribution in [1.29, 1.82) is 0 Å². The molecule has 1 aliphatic heterocycles. The van der Waals surface area contributed by atoms with Crippen LogP contribution in [-0.2, 0) is 0 Å². The number of H-pyrrole nitrogens is 1. The third-order valence-corrected chi connectivity index (χ3v) is 4.26. The molecule has 0 aliphatic carbocycles. The average Bonchev–Trinajstić information content (AvgIpc) is 3.02. The Morgan fingerprint density at radius 1 is 1.30 bits per heavy atom. The number of halogens is 1. The topological polar surface area (TPSA) is 79.2 Å². The Balaban J connectivity index is 1.65. The normalized spacial score (nSPS) is 15.8. The SMILES string of the molecule is O=C(c1ccc(-c2noc(=O)[nH]2)cc1)N1CCC(CCF)CC1. The molecular formula is C16H18FN3O3. The van der Waals surface area contributed by atoms with Gasteiger partial charge in [-0.1, -0.05) is 17.3 Å². The monoisotopic (exact) mass is 319 g/mol. The number of carbonyl (C=O) groups excluding carboxylic acids is 1. The van der Waals surface area contributed by atoms with Crippen molar-refractivity contribution in [1.82, 2.24) is 15.0 Å². The van der Waals surface area contributed by atoms with Crippen LogP contribution in [0.5, 0.6) is 0 Å². The number of benzene rings is 1. The van der Waals surface area contributed by atoms with Gasteiger partial charge in [-0.2, -0.15) is 0 Å². The molecule has 0 radical (unpaired) electrons. The summed E-state index contributed by atoms with van der Waals surface area (Å²) in [4.78, 5) is 27.7. The fourth-order valence-corrected chi connectivity index (χ4v) is 2.89. The summed E-state index contributed by atoms with van der Waals surface area (Å²) in [6.07, 6.45) is 2.30. The van der Waals surface area contributed by atoms with Crippen molar-refractivity contribution >= 4 is 5.91 Å². The molecule has 7 heteroatoms. The summed E-state index contributed by atoms with van der Waals surface area (Å²) in [5.41, 5.74) is 1.26. The summed E-state index contributed by atoms with van der Waals surface area (Å²) < 4.78 is 16.8. The van der Waals surface area contributed by atoms with Crippen LogP contribution in [0.25, 0.3) is 11.4 Å². The quantitative estimate of drug-likeness (QED) is 0.937. The molecule has 0 unspecified atom stereocenters. The molecule has 0 bridgehead atoms. The second-order valence-electron chi connectivity index (χ2n) is 5.73. The number of aromatic nitrogens is 2. The van der Waals surface area contributed by atoms with Gasteiger partial charge in [0.25, 0.3) is 5.91 Å². The van der Waals surface area contributed by atoms with Gasteiger partial charge in [0, 0.05) is 24.2 Å². The molecule has 1 saturated heterocycles. The third-order valence-electron chi connectivity index (χ3n) is 4.26. The van der Waals surface area contributed by atoms with Crippen molar-refractivity contribution in [2.45, 2.75) is 19.3 Å². The van der Waals surface area contributed by atoms with Crippen molar-refractivity contribution in [2.75, 3.05) is 19.8 Å². The van der Waals surface area contributed by atoms with Crippen molar-refractivity contribution < 1.29 is 13.7 Å². The van der Waals surface area contributed by atoms with Crippen LogP contribution in [0.4, 0.5) is 4.39 Å². The number of carbonyl (C=O) groups is 1. The molecule has 0 saturated carbocycles. The number of aromatic amines is 1. The van der Waals surface area contributed by atoms with E-state index in [2.05, 4.69) is 14.7 Å². The standard InChI is InChI=1S/C16H18FN3O3/c17-8-5-11-6-9-20(10-7-11)15(21)13-3-1-12(2-4-13)14-18-16(22)23-19-14/h1-4,11H,5-10H2,(H,18,19,22). The summed E-state index contributed by atoms with van der Waals surface area (Å²) in [6, 6.07) is 6.85. The van der Waals surface area contributed by atoms with Crippen LogP contribution in [0.15, 0.2) is 33.6 Å². The molecule has 1 amide bonds. The highest BCUT2D eigenvalue weighted by Gasteiger charge is 2.23. The maximum absolute atomic E-state index is 12.5. The predicted octanol–water partition coefficient (Wildman–Crippen LogP) is 2.24. The van der Waals surface area contributed by atoms with Crippen LogP contribution in [0.1, 0.15) is 29.6 Å². The van der Waals surface area contributed by atoms with E-state index in [1.54, 1.807) is 24.3 Å². The average molecular weight is 319 g/mol. The lowest BCUT2D eigenvalue weighted by atomic mass is 9.94. The van der Waals surface area contributed by atoms with E-state index in [0.29, 0.717) is 42.4 Å². The van der Waals surface area contributed by atoms with Crippen molar-refractivity contribution in [3.63, 3.8) is 0 Å². The van der Waals surface area contributed by atoms with E-state index in [0.717, 1.165) is 12.8 Å². The Hall–Kier alpha value is -2.44. The molecule has 1 aromatic carbocycles. The van der Waals surface area contributed by atoms with Gasteiger partial charge in [0.15, 0.2) is 5.82 Å². The van der Waals surface area contributed by atoms with E-state index in [9.17, 15) is 14.0 Å². The van der Waals surface area contributed by atoms with Crippen molar-refractivity contribution in [3.8, 4) is 11.4 Å². The minimum Gasteiger partial charge on any atom is -0.339 e. The van der Waals surface area contributed by atoms with E-state index < -0.39 is 5.76 Å². The lowest BCUT2D eigenvalue weighted by Crippen LogP contribution is -2.38. The van der Waals surface area contributed by atoms with Gasteiger partial charge in [0.2, 0.25) is 0 Å². The molecule has 6 nitrogen and oxygen atoms in total. The van der Waals surface area contributed by atoms with Crippen LogP contribution in [0, 0.1) is 5.92 Å². The Bertz CT molecular complexity index is 715. The van der Waals surface area contributed by atoms with Crippen LogP contribution in [0.3, 0.4) is 0 Å². The zero-order chi connectivity index (χ0) is 16.2. The highest BCUT2D eigenvalue weighted by atomic mass is 19.1. The highest BCUT2D eigenvalue weighted by molar-refractivity contribution is 5.94.